The second kappa shape index (κ2) is 18.6. The van der Waals surface area contributed by atoms with E-state index in [0.717, 1.165) is 57.8 Å². The zero-order valence-electron chi connectivity index (χ0n) is 35.8. The molecule has 0 aromatic rings. The Hall–Kier alpha value is -1.30. The number of aliphatic hydroxyl groups is 7. The predicted molar refractivity (Wildman–Crippen MR) is 212 cm³/mol. The van der Waals surface area contributed by atoms with E-state index in [0.29, 0.717) is 43.1 Å². The third-order valence-electron chi connectivity index (χ3n) is 16.6. The molecule has 334 valence electrons. The van der Waals surface area contributed by atoms with E-state index in [1.807, 2.05) is 20.8 Å². The van der Waals surface area contributed by atoms with Gasteiger partial charge in [0.1, 0.15) is 48.5 Å². The molecule has 1 amide bonds. The summed E-state index contributed by atoms with van der Waals surface area (Å²) in [5.74, 6) is 1.81. The molecule has 2 saturated heterocycles. The first-order valence-corrected chi connectivity index (χ1v) is 22.5. The summed E-state index contributed by atoms with van der Waals surface area (Å²) in [7, 11) is 0. The summed E-state index contributed by atoms with van der Waals surface area (Å²) in [6.07, 6.45) is -5.13. The van der Waals surface area contributed by atoms with Crippen molar-refractivity contribution in [3.8, 4) is 0 Å². The average molecular weight is 826 g/mol. The Balaban J connectivity index is 1.03. The highest BCUT2D eigenvalue weighted by Gasteiger charge is 2.63. The summed E-state index contributed by atoms with van der Waals surface area (Å²) >= 11 is 0. The van der Waals surface area contributed by atoms with Crippen LogP contribution < -0.4 is 5.32 Å². The van der Waals surface area contributed by atoms with E-state index in [9.17, 15) is 45.3 Å². The Morgan fingerprint density at radius 1 is 0.810 bits per heavy atom. The van der Waals surface area contributed by atoms with Crippen LogP contribution in [0.1, 0.15) is 119 Å². The van der Waals surface area contributed by atoms with E-state index in [-0.39, 0.29) is 52.3 Å². The van der Waals surface area contributed by atoms with E-state index < -0.39 is 74.1 Å². The van der Waals surface area contributed by atoms with Crippen molar-refractivity contribution in [1.82, 2.24) is 5.32 Å². The van der Waals surface area contributed by atoms with Crippen LogP contribution in [0.15, 0.2) is 0 Å². The number of Topliss-reactive ketones (excluding diaryl/α,β-unsaturated/α-hetero) is 1. The van der Waals surface area contributed by atoms with Gasteiger partial charge < -0.3 is 60.0 Å². The number of ketones is 1. The number of nitrogens with one attached hydrogen (secondary N) is 1. The van der Waals surface area contributed by atoms with Crippen molar-refractivity contribution in [3.05, 3.63) is 0 Å². The van der Waals surface area contributed by atoms with Crippen LogP contribution >= 0.6 is 0 Å². The van der Waals surface area contributed by atoms with Crippen molar-refractivity contribution >= 4 is 11.7 Å². The molecule has 2 heterocycles. The van der Waals surface area contributed by atoms with Crippen LogP contribution in [0.2, 0.25) is 0 Å². The lowest BCUT2D eigenvalue weighted by molar-refractivity contribution is -0.361. The van der Waals surface area contributed by atoms with E-state index in [1.54, 1.807) is 0 Å². The summed E-state index contributed by atoms with van der Waals surface area (Å²) in [6, 6.07) is 0. The molecule has 6 aliphatic rings. The molecule has 0 bridgehead atoms. The molecule has 4 saturated carbocycles. The molecule has 8 N–H and O–H groups in total. The van der Waals surface area contributed by atoms with Crippen molar-refractivity contribution in [1.29, 1.82) is 0 Å². The second-order valence-electron chi connectivity index (χ2n) is 20.0. The molecule has 58 heavy (non-hydrogen) atoms. The number of ether oxygens (including phenoxy) is 4. The number of amides is 1. The molecule has 0 aromatic heterocycles. The minimum Gasteiger partial charge on any atom is -0.394 e. The van der Waals surface area contributed by atoms with Crippen molar-refractivity contribution in [2.24, 2.45) is 58.2 Å². The van der Waals surface area contributed by atoms with Crippen molar-refractivity contribution in [2.75, 3.05) is 13.2 Å². The van der Waals surface area contributed by atoms with Crippen LogP contribution in [0.25, 0.3) is 0 Å². The lowest BCUT2D eigenvalue weighted by atomic mass is 9.44. The molecule has 14 heteroatoms. The number of fused-ring (bicyclic) bond motifs is 5. The summed E-state index contributed by atoms with van der Waals surface area (Å²) < 4.78 is 23.7. The number of rotatable bonds is 14. The van der Waals surface area contributed by atoms with Gasteiger partial charge in [-0.1, -0.05) is 41.5 Å². The molecule has 6 fully saturated rings. The fourth-order valence-corrected chi connectivity index (χ4v) is 12.7. The number of aliphatic hydroxyl groups excluding tert-OH is 7. The van der Waals surface area contributed by atoms with Gasteiger partial charge in [0, 0.05) is 24.8 Å². The zero-order chi connectivity index (χ0) is 42.4. The van der Waals surface area contributed by atoms with Crippen LogP contribution in [-0.2, 0) is 28.5 Å². The number of hydrogen-bond acceptors (Lipinski definition) is 13. The summed E-state index contributed by atoms with van der Waals surface area (Å²) in [6.45, 7) is 14.3. The smallest absolute Gasteiger partial charge is 0.222 e. The standard InChI is InChI=1S/C44H75NO13/c1-8-22(3)40(54)45-19-21(2)9-12-30(47)23(4)33-31(48)18-29-27-11-10-25-17-26(13-15-43(25,6)28(27)14-16-44(29,33)7)56-42-38(53)36(51)39(32(20-46)57-42)58-41-37(52)35(50)34(49)24(5)55-41/h21-29,31-39,41-42,46,48-53H,8-20H2,1-7H3,(H,45,54)/t21-,22+,23+,24-,25+,26-,27+,28-,29-,31+,32+,33-,34-,35+,36-,37+,38+,39+,41-,42+,43-,44-/m0/s1. The van der Waals surface area contributed by atoms with Crippen LogP contribution in [0.4, 0.5) is 0 Å². The molecule has 2 aliphatic heterocycles. The normalized spacial score (nSPS) is 48.2. The highest BCUT2D eigenvalue weighted by Crippen LogP contribution is 2.68. The summed E-state index contributed by atoms with van der Waals surface area (Å²) in [5, 5.41) is 78.0. The van der Waals surface area contributed by atoms with Gasteiger partial charge in [-0.2, -0.15) is 0 Å². The minimum atomic E-state index is -1.63. The van der Waals surface area contributed by atoms with Crippen molar-refractivity contribution < 1.29 is 64.3 Å². The van der Waals surface area contributed by atoms with E-state index in [2.05, 4.69) is 26.1 Å². The largest absolute Gasteiger partial charge is 0.394 e. The molecule has 14 nitrogen and oxygen atoms in total. The van der Waals surface area contributed by atoms with Gasteiger partial charge in [0.25, 0.3) is 0 Å². The summed E-state index contributed by atoms with van der Waals surface area (Å²) in [4.78, 5) is 26.0. The molecule has 0 aromatic carbocycles. The molecule has 22 atom stereocenters. The first-order valence-electron chi connectivity index (χ1n) is 22.5. The number of hydrogen-bond donors (Lipinski definition) is 8. The SMILES string of the molecule is CC[C@@H](C)C(=O)NC[C@@H](C)CCC(=O)[C@@H](C)[C@H]1[C@H](O)C[C@H]2[C@@H]3CC[C@@H]4C[C@@H](O[C@@H]5O[C@H](CO)[C@@H](O[C@@H]6O[C@@H](C)[C@H](O)[C@@H](O)[C@H]6O)[C@@H](O)[C@H]5O)CC[C@]4(C)[C@H]3CC[C@]12C. The van der Waals surface area contributed by atoms with Gasteiger partial charge in [-0.05, 0) is 117 Å². The maximum absolute atomic E-state index is 13.7. The Labute approximate surface area is 344 Å². The molecule has 0 unspecified atom stereocenters. The Bertz CT molecular complexity index is 1400. The Morgan fingerprint density at radius 3 is 2.17 bits per heavy atom. The van der Waals surface area contributed by atoms with Gasteiger partial charge in [-0.15, -0.1) is 0 Å². The Kier molecular flexibility index (Phi) is 14.8. The fourth-order valence-electron chi connectivity index (χ4n) is 12.7. The van der Waals surface area contributed by atoms with E-state index in [1.165, 1.54) is 6.92 Å². The van der Waals surface area contributed by atoms with Gasteiger partial charge in [0.2, 0.25) is 5.91 Å². The van der Waals surface area contributed by atoms with Crippen molar-refractivity contribution in [2.45, 2.75) is 193 Å². The topological polar surface area (TPSA) is 225 Å². The van der Waals surface area contributed by atoms with Crippen LogP contribution in [0.5, 0.6) is 0 Å². The van der Waals surface area contributed by atoms with Gasteiger partial charge in [0.15, 0.2) is 12.6 Å². The van der Waals surface area contributed by atoms with Crippen LogP contribution in [-0.4, -0.2) is 134 Å². The molecule has 0 spiro atoms. The third kappa shape index (κ3) is 8.82. The third-order valence-corrected chi connectivity index (χ3v) is 16.6. The second-order valence-corrected chi connectivity index (χ2v) is 20.0. The minimum absolute atomic E-state index is 0.0193. The van der Waals surface area contributed by atoms with Gasteiger partial charge in [-0.25, -0.2) is 0 Å². The van der Waals surface area contributed by atoms with Crippen LogP contribution in [0.3, 0.4) is 0 Å². The predicted octanol–water partition coefficient (Wildman–Crippen LogP) is 2.44. The van der Waals surface area contributed by atoms with Gasteiger partial charge in [0.05, 0.1) is 24.9 Å². The van der Waals surface area contributed by atoms with E-state index in [4.69, 9.17) is 18.9 Å². The van der Waals surface area contributed by atoms with Crippen LogP contribution in [0, 0.1) is 58.2 Å². The fraction of sp³-hybridized carbons (Fsp3) is 0.955. The average Bonchev–Trinajstić information content (AvgIpc) is 3.48. The molecule has 4 aliphatic carbocycles. The maximum atomic E-state index is 13.7. The highest BCUT2D eigenvalue weighted by molar-refractivity contribution is 5.81. The maximum Gasteiger partial charge on any atom is 0.222 e. The number of carbonyl (C=O) groups is 2. The summed E-state index contributed by atoms with van der Waals surface area (Å²) in [5.41, 5.74) is -0.0427. The van der Waals surface area contributed by atoms with Crippen molar-refractivity contribution in [3.63, 3.8) is 0 Å². The molecular formula is C44H75NO13. The quantitative estimate of drug-likeness (QED) is 0.118. The van der Waals surface area contributed by atoms with Gasteiger partial charge in [-0.3, -0.25) is 9.59 Å². The van der Waals surface area contributed by atoms with Gasteiger partial charge >= 0.3 is 0 Å². The lowest BCUT2D eigenvalue weighted by Gasteiger charge is -2.61. The molecule has 0 radical (unpaired) electrons. The Morgan fingerprint density at radius 2 is 1.48 bits per heavy atom. The lowest BCUT2D eigenvalue weighted by Crippen LogP contribution is -2.64. The monoisotopic (exact) mass is 826 g/mol. The number of carbonyl (C=O) groups excluding carboxylic acids is 2. The molecule has 6 rings (SSSR count). The zero-order valence-corrected chi connectivity index (χ0v) is 35.8. The van der Waals surface area contributed by atoms with E-state index >= 15 is 0 Å². The molecular weight excluding hydrogens is 750 g/mol. The first kappa shape index (κ1) is 46.2. The highest BCUT2D eigenvalue weighted by atomic mass is 16.7. The first-order chi connectivity index (χ1) is 27.4.